The third-order valence-corrected chi connectivity index (χ3v) is 3.83. The zero-order chi connectivity index (χ0) is 14.8. The quantitative estimate of drug-likeness (QED) is 0.945. The summed E-state index contributed by atoms with van der Waals surface area (Å²) in [7, 11) is 0. The van der Waals surface area contributed by atoms with Crippen LogP contribution in [0.2, 0.25) is 5.02 Å². The molecule has 2 aromatic rings. The molecular weight excluding hydrogens is 286 g/mol. The average molecular weight is 302 g/mol. The third-order valence-electron chi connectivity index (χ3n) is 3.60. The molecule has 1 N–H and O–H groups in total. The van der Waals surface area contributed by atoms with Crippen molar-refractivity contribution in [2.45, 2.75) is 13.3 Å². The minimum atomic E-state index is -0.0293. The Kier molecular flexibility index (Phi) is 3.80. The van der Waals surface area contributed by atoms with Crippen molar-refractivity contribution in [3.8, 4) is 0 Å². The Morgan fingerprint density at radius 2 is 2.29 bits per heavy atom. The lowest BCUT2D eigenvalue weighted by atomic mass is 10.1. The molecule has 0 aliphatic carbocycles. The number of anilines is 2. The summed E-state index contributed by atoms with van der Waals surface area (Å²) < 4.78 is 0. The summed E-state index contributed by atoms with van der Waals surface area (Å²) in [5.41, 5.74) is 3.47. The topological polar surface area (TPSA) is 45.2 Å². The van der Waals surface area contributed by atoms with Gasteiger partial charge in [-0.25, -0.2) is 0 Å². The Bertz CT molecular complexity index is 687. The van der Waals surface area contributed by atoms with Crippen LogP contribution in [0.3, 0.4) is 0 Å². The number of halogens is 1. The Labute approximate surface area is 128 Å². The van der Waals surface area contributed by atoms with Crippen LogP contribution in [0.4, 0.5) is 11.4 Å². The lowest BCUT2D eigenvalue weighted by molar-refractivity contribution is 0.0990. The molecule has 4 nitrogen and oxygen atoms in total. The summed E-state index contributed by atoms with van der Waals surface area (Å²) in [4.78, 5) is 18.8. The molecule has 1 aliphatic rings. The van der Waals surface area contributed by atoms with Crippen molar-refractivity contribution in [2.24, 2.45) is 0 Å². The number of pyridine rings is 1. The van der Waals surface area contributed by atoms with Gasteiger partial charge >= 0.3 is 0 Å². The van der Waals surface area contributed by atoms with E-state index in [-0.39, 0.29) is 5.91 Å². The predicted molar refractivity (Wildman–Crippen MR) is 85.2 cm³/mol. The Hall–Kier alpha value is -2.07. The molecule has 108 valence electrons. The van der Waals surface area contributed by atoms with E-state index >= 15 is 0 Å². The van der Waals surface area contributed by atoms with E-state index in [0.29, 0.717) is 17.1 Å². The van der Waals surface area contributed by atoms with Crippen LogP contribution < -0.4 is 10.2 Å². The lowest BCUT2D eigenvalue weighted by Gasteiger charge is -2.19. The zero-order valence-corrected chi connectivity index (χ0v) is 12.5. The molecule has 21 heavy (non-hydrogen) atoms. The van der Waals surface area contributed by atoms with Gasteiger partial charge in [-0.05, 0) is 43.2 Å². The van der Waals surface area contributed by atoms with Crippen molar-refractivity contribution < 1.29 is 4.79 Å². The zero-order valence-electron chi connectivity index (χ0n) is 11.8. The summed E-state index contributed by atoms with van der Waals surface area (Å²) in [5, 5.41) is 3.78. The molecule has 0 unspecified atom stereocenters. The first-order valence-electron chi connectivity index (χ1n) is 6.99. The van der Waals surface area contributed by atoms with Crippen LogP contribution >= 0.6 is 11.6 Å². The maximum atomic E-state index is 12.9. The van der Waals surface area contributed by atoms with Crippen LogP contribution in [-0.2, 0) is 6.42 Å². The standard InChI is InChI=1S/C16H16ClN3O/c1-2-19-14-4-3-12(17)9-13(14)16(21)20-8-6-11-10-18-7-5-15(11)20/h3-5,7,9-10,19H,2,6,8H2,1H3. The van der Waals surface area contributed by atoms with E-state index in [1.54, 1.807) is 23.2 Å². The number of hydrogen-bond donors (Lipinski definition) is 1. The number of carbonyl (C=O) groups excluding carboxylic acids is 1. The van der Waals surface area contributed by atoms with Crippen LogP contribution in [-0.4, -0.2) is 24.0 Å². The van der Waals surface area contributed by atoms with Gasteiger partial charge in [0.05, 0.1) is 11.3 Å². The number of benzene rings is 1. The SMILES string of the molecule is CCNc1ccc(Cl)cc1C(=O)N1CCc2cnccc21. The van der Waals surface area contributed by atoms with Crippen molar-refractivity contribution in [3.63, 3.8) is 0 Å². The summed E-state index contributed by atoms with van der Waals surface area (Å²) in [5.74, 6) is -0.0293. The molecule has 1 aromatic heterocycles. The first-order valence-corrected chi connectivity index (χ1v) is 7.36. The van der Waals surface area contributed by atoms with Gasteiger partial charge in [0.15, 0.2) is 0 Å². The van der Waals surface area contributed by atoms with Gasteiger partial charge in [-0.3, -0.25) is 9.78 Å². The molecule has 2 heterocycles. The van der Waals surface area contributed by atoms with Gasteiger partial charge in [-0.15, -0.1) is 0 Å². The smallest absolute Gasteiger partial charge is 0.260 e. The highest BCUT2D eigenvalue weighted by Gasteiger charge is 2.27. The minimum absolute atomic E-state index is 0.0293. The number of carbonyl (C=O) groups is 1. The molecule has 0 radical (unpaired) electrons. The van der Waals surface area contributed by atoms with Crippen LogP contribution in [0, 0.1) is 0 Å². The van der Waals surface area contributed by atoms with Crippen LogP contribution in [0.5, 0.6) is 0 Å². The van der Waals surface area contributed by atoms with E-state index in [0.717, 1.165) is 29.9 Å². The molecule has 0 bridgehead atoms. The van der Waals surface area contributed by atoms with Crippen molar-refractivity contribution in [1.29, 1.82) is 0 Å². The van der Waals surface area contributed by atoms with Gasteiger partial charge < -0.3 is 10.2 Å². The first kappa shape index (κ1) is 13.9. The largest absolute Gasteiger partial charge is 0.385 e. The molecule has 1 amide bonds. The number of fused-ring (bicyclic) bond motifs is 1. The Balaban J connectivity index is 1.98. The molecular formula is C16H16ClN3O. The van der Waals surface area contributed by atoms with Gasteiger partial charge in [0.2, 0.25) is 0 Å². The maximum absolute atomic E-state index is 12.9. The average Bonchev–Trinajstić information content (AvgIpc) is 2.92. The number of amides is 1. The first-order chi connectivity index (χ1) is 10.2. The normalized spacial score (nSPS) is 13.1. The van der Waals surface area contributed by atoms with Crippen molar-refractivity contribution in [1.82, 2.24) is 4.98 Å². The van der Waals surface area contributed by atoms with E-state index in [1.807, 2.05) is 25.3 Å². The summed E-state index contributed by atoms with van der Waals surface area (Å²) >= 11 is 6.06. The molecule has 1 aliphatic heterocycles. The Morgan fingerprint density at radius 1 is 1.43 bits per heavy atom. The van der Waals surface area contributed by atoms with Gasteiger partial charge in [-0.1, -0.05) is 11.6 Å². The van der Waals surface area contributed by atoms with Crippen molar-refractivity contribution >= 4 is 28.9 Å². The number of nitrogens with one attached hydrogen (secondary N) is 1. The molecule has 0 saturated carbocycles. The van der Waals surface area contributed by atoms with Gasteiger partial charge in [0.25, 0.3) is 5.91 Å². The van der Waals surface area contributed by atoms with Gasteiger partial charge in [0, 0.05) is 36.2 Å². The van der Waals surface area contributed by atoms with Crippen LogP contribution in [0.25, 0.3) is 0 Å². The fraction of sp³-hybridized carbons (Fsp3) is 0.250. The molecule has 0 spiro atoms. The van der Waals surface area contributed by atoms with E-state index < -0.39 is 0 Å². The van der Waals surface area contributed by atoms with Crippen LogP contribution in [0.15, 0.2) is 36.7 Å². The monoisotopic (exact) mass is 301 g/mol. The second-order valence-corrected chi connectivity index (χ2v) is 5.37. The van der Waals surface area contributed by atoms with Crippen molar-refractivity contribution in [2.75, 3.05) is 23.3 Å². The van der Waals surface area contributed by atoms with E-state index in [9.17, 15) is 4.79 Å². The second kappa shape index (κ2) is 5.74. The number of hydrogen-bond acceptors (Lipinski definition) is 3. The highest BCUT2D eigenvalue weighted by Crippen LogP contribution is 2.30. The predicted octanol–water partition coefficient (Wildman–Crippen LogP) is 3.37. The lowest BCUT2D eigenvalue weighted by Crippen LogP contribution is -2.29. The van der Waals surface area contributed by atoms with Gasteiger partial charge in [-0.2, -0.15) is 0 Å². The van der Waals surface area contributed by atoms with Gasteiger partial charge in [0.1, 0.15) is 0 Å². The van der Waals surface area contributed by atoms with E-state index in [2.05, 4.69) is 10.3 Å². The second-order valence-electron chi connectivity index (χ2n) is 4.93. The van der Waals surface area contributed by atoms with Crippen molar-refractivity contribution in [3.05, 3.63) is 52.8 Å². The summed E-state index contributed by atoms with van der Waals surface area (Å²) in [6, 6.07) is 7.25. The highest BCUT2D eigenvalue weighted by atomic mass is 35.5. The van der Waals surface area contributed by atoms with Crippen LogP contribution in [0.1, 0.15) is 22.8 Å². The molecule has 3 rings (SSSR count). The van der Waals surface area contributed by atoms with E-state index in [1.165, 1.54) is 0 Å². The summed E-state index contributed by atoms with van der Waals surface area (Å²) in [6.07, 6.45) is 4.38. The number of rotatable bonds is 3. The maximum Gasteiger partial charge on any atom is 0.260 e. The molecule has 0 fully saturated rings. The third kappa shape index (κ3) is 2.59. The Morgan fingerprint density at radius 3 is 3.10 bits per heavy atom. The fourth-order valence-electron chi connectivity index (χ4n) is 2.62. The number of nitrogens with zero attached hydrogens (tertiary/aromatic N) is 2. The molecule has 1 aromatic carbocycles. The fourth-order valence-corrected chi connectivity index (χ4v) is 2.79. The highest BCUT2D eigenvalue weighted by molar-refractivity contribution is 6.31. The molecule has 0 atom stereocenters. The number of aromatic nitrogens is 1. The minimum Gasteiger partial charge on any atom is -0.385 e. The molecule has 0 saturated heterocycles. The molecule has 5 heteroatoms. The van der Waals surface area contributed by atoms with E-state index in [4.69, 9.17) is 11.6 Å². The summed E-state index contributed by atoms with van der Waals surface area (Å²) in [6.45, 7) is 3.43.